The van der Waals surface area contributed by atoms with Crippen LogP contribution in [0.4, 0.5) is 5.69 Å². The lowest BCUT2D eigenvalue weighted by Gasteiger charge is -2.33. The molecule has 2 aromatic rings. The monoisotopic (exact) mass is 565 g/mol. The maximum Gasteiger partial charge on any atom is 0.271 e. The summed E-state index contributed by atoms with van der Waals surface area (Å²) in [5.74, 6) is 0.721. The van der Waals surface area contributed by atoms with Crippen molar-refractivity contribution >= 4 is 19.7 Å². The molecule has 2 heterocycles. The molecule has 0 atom stereocenters. The van der Waals surface area contributed by atoms with Crippen LogP contribution in [0.3, 0.4) is 0 Å². The fourth-order valence-corrected chi connectivity index (χ4v) is 7.26. The van der Waals surface area contributed by atoms with Crippen molar-refractivity contribution in [1.29, 1.82) is 0 Å². The molecule has 7 nitrogen and oxygen atoms in total. The summed E-state index contributed by atoms with van der Waals surface area (Å²) in [6, 6.07) is 5.03. The summed E-state index contributed by atoms with van der Waals surface area (Å²) in [6.07, 6.45) is 14.7. The van der Waals surface area contributed by atoms with Gasteiger partial charge in [0.1, 0.15) is 6.73 Å². The first-order chi connectivity index (χ1) is 19.2. The quantitative estimate of drug-likeness (QED) is 0.168. The molecule has 0 radical (unpaired) electrons. The van der Waals surface area contributed by atoms with E-state index in [0.29, 0.717) is 30.0 Å². The van der Waals surface area contributed by atoms with E-state index in [0.717, 1.165) is 67.4 Å². The van der Waals surface area contributed by atoms with E-state index in [1.165, 1.54) is 44.1 Å². The number of rotatable bonds is 11. The highest BCUT2D eigenvalue weighted by Crippen LogP contribution is 2.40. The molecule has 2 saturated carbocycles. The molecule has 0 aromatic carbocycles. The minimum atomic E-state index is -1.13. The zero-order valence-corrected chi connectivity index (χ0v) is 26.5. The second-order valence-corrected chi connectivity index (χ2v) is 18.7. The van der Waals surface area contributed by atoms with Crippen LogP contribution in [-0.2, 0) is 22.7 Å². The van der Waals surface area contributed by atoms with Crippen molar-refractivity contribution in [2.24, 2.45) is 17.6 Å². The van der Waals surface area contributed by atoms with E-state index in [-0.39, 0.29) is 5.91 Å². The van der Waals surface area contributed by atoms with Crippen LogP contribution in [0.1, 0.15) is 82.5 Å². The first-order valence-electron chi connectivity index (χ1n) is 15.6. The summed E-state index contributed by atoms with van der Waals surface area (Å²) in [6.45, 7) is 12.5. The van der Waals surface area contributed by atoms with Crippen molar-refractivity contribution in [2.45, 2.75) is 117 Å². The summed E-state index contributed by atoms with van der Waals surface area (Å²) in [7, 11) is -1.13. The van der Waals surface area contributed by atoms with Gasteiger partial charge in [0.25, 0.3) is 5.91 Å². The lowest BCUT2D eigenvalue weighted by atomic mass is 9.73. The number of pyridine rings is 1. The smallest absolute Gasteiger partial charge is 0.271 e. The normalized spacial score (nSPS) is 17.1. The Morgan fingerprint density at radius 2 is 1.68 bits per heavy atom. The number of nitrogens with two attached hydrogens (primary N) is 1. The lowest BCUT2D eigenvalue weighted by Crippen LogP contribution is -2.29. The van der Waals surface area contributed by atoms with Gasteiger partial charge in [0, 0.05) is 20.2 Å². The average Bonchev–Trinajstić information content (AvgIpc) is 3.27. The molecule has 2 aromatic heterocycles. The number of hydrogen-bond acceptors (Lipinski definition) is 5. The molecule has 0 aliphatic heterocycles. The zero-order valence-electron chi connectivity index (χ0n) is 25.5. The molecule has 2 aliphatic rings. The van der Waals surface area contributed by atoms with Crippen LogP contribution >= 0.6 is 0 Å². The van der Waals surface area contributed by atoms with Gasteiger partial charge < -0.3 is 15.8 Å². The van der Waals surface area contributed by atoms with E-state index >= 15 is 0 Å². The third kappa shape index (κ3) is 7.84. The van der Waals surface area contributed by atoms with Crippen molar-refractivity contribution in [3.05, 3.63) is 41.0 Å². The standard InChI is InChI=1S/C32H51N5O2Si/c1-6-28-29(23(2)36-37(28)22-39-19-20-40(3,4)5)27-18-17-26(21-34-27)35-32(38)31(33)30(24-13-9-7-10-14-24)25-15-11-8-12-16-25/h17-18,21,24-25H,6-16,19-20,22,33H2,1-5H3,(H,35,38). The third-order valence-electron chi connectivity index (χ3n) is 8.70. The van der Waals surface area contributed by atoms with Crippen LogP contribution in [0.2, 0.25) is 25.7 Å². The largest absolute Gasteiger partial charge is 0.394 e. The number of hydrogen-bond donors (Lipinski definition) is 2. The van der Waals surface area contributed by atoms with Crippen LogP contribution in [-0.4, -0.2) is 35.4 Å². The van der Waals surface area contributed by atoms with E-state index in [1.807, 2.05) is 23.7 Å². The van der Waals surface area contributed by atoms with Gasteiger partial charge in [-0.3, -0.25) is 9.78 Å². The lowest BCUT2D eigenvalue weighted by molar-refractivity contribution is -0.113. The maximum atomic E-state index is 13.4. The van der Waals surface area contributed by atoms with E-state index < -0.39 is 8.07 Å². The predicted molar refractivity (Wildman–Crippen MR) is 167 cm³/mol. The van der Waals surface area contributed by atoms with E-state index in [1.54, 1.807) is 6.20 Å². The number of allylic oxidation sites excluding steroid dienone is 1. The first-order valence-corrected chi connectivity index (χ1v) is 19.3. The third-order valence-corrected chi connectivity index (χ3v) is 10.4. The average molecular weight is 566 g/mol. The van der Waals surface area contributed by atoms with Crippen LogP contribution in [0.25, 0.3) is 11.3 Å². The fourth-order valence-electron chi connectivity index (χ4n) is 6.50. The second kappa shape index (κ2) is 13.9. The Balaban J connectivity index is 1.48. The highest BCUT2D eigenvalue weighted by atomic mass is 28.3. The second-order valence-electron chi connectivity index (χ2n) is 13.0. The van der Waals surface area contributed by atoms with Gasteiger partial charge in [-0.2, -0.15) is 5.10 Å². The Morgan fingerprint density at radius 3 is 2.20 bits per heavy atom. The minimum Gasteiger partial charge on any atom is -0.394 e. The Morgan fingerprint density at radius 1 is 1.05 bits per heavy atom. The zero-order chi connectivity index (χ0) is 28.7. The molecule has 0 bridgehead atoms. The van der Waals surface area contributed by atoms with Gasteiger partial charge in [-0.25, -0.2) is 4.68 Å². The van der Waals surface area contributed by atoms with Gasteiger partial charge in [-0.05, 0) is 74.6 Å². The number of amides is 1. The summed E-state index contributed by atoms with van der Waals surface area (Å²) < 4.78 is 7.95. The van der Waals surface area contributed by atoms with Crippen LogP contribution in [0.15, 0.2) is 29.6 Å². The molecular formula is C32H51N5O2Si. The maximum absolute atomic E-state index is 13.4. The summed E-state index contributed by atoms with van der Waals surface area (Å²) in [4.78, 5) is 18.1. The molecule has 1 amide bonds. The number of carbonyl (C=O) groups excluding carboxylic acids is 1. The number of carbonyl (C=O) groups is 1. The van der Waals surface area contributed by atoms with Crippen LogP contribution in [0, 0.1) is 18.8 Å². The Bertz CT molecular complexity index is 1130. The fraction of sp³-hybridized carbons (Fsp3) is 0.656. The molecule has 220 valence electrons. The molecule has 0 saturated heterocycles. The molecule has 2 fully saturated rings. The van der Waals surface area contributed by atoms with Gasteiger partial charge in [0.2, 0.25) is 0 Å². The molecular weight excluding hydrogens is 514 g/mol. The van der Waals surface area contributed by atoms with Gasteiger partial charge >= 0.3 is 0 Å². The topological polar surface area (TPSA) is 95.1 Å². The summed E-state index contributed by atoms with van der Waals surface area (Å²) in [5, 5.41) is 7.82. The molecule has 0 unspecified atom stereocenters. The molecule has 4 rings (SSSR count). The van der Waals surface area contributed by atoms with Crippen molar-refractivity contribution in [3.8, 4) is 11.3 Å². The van der Waals surface area contributed by atoms with Crippen molar-refractivity contribution < 1.29 is 9.53 Å². The highest BCUT2D eigenvalue weighted by molar-refractivity contribution is 6.76. The molecule has 40 heavy (non-hydrogen) atoms. The van der Waals surface area contributed by atoms with E-state index in [9.17, 15) is 4.79 Å². The van der Waals surface area contributed by atoms with Gasteiger partial charge in [-0.1, -0.05) is 65.1 Å². The Hall–Kier alpha value is -2.45. The van der Waals surface area contributed by atoms with Crippen LogP contribution < -0.4 is 11.1 Å². The molecule has 3 N–H and O–H groups in total. The number of anilines is 1. The van der Waals surface area contributed by atoms with E-state index in [2.05, 4.69) is 31.9 Å². The molecule has 2 aliphatic carbocycles. The van der Waals surface area contributed by atoms with Crippen LogP contribution in [0.5, 0.6) is 0 Å². The van der Waals surface area contributed by atoms with Gasteiger partial charge in [-0.15, -0.1) is 0 Å². The summed E-state index contributed by atoms with van der Waals surface area (Å²) >= 11 is 0. The number of nitrogens with one attached hydrogen (secondary N) is 1. The van der Waals surface area contributed by atoms with Crippen molar-refractivity contribution in [2.75, 3.05) is 11.9 Å². The van der Waals surface area contributed by atoms with Crippen molar-refractivity contribution in [1.82, 2.24) is 14.8 Å². The summed E-state index contributed by atoms with van der Waals surface area (Å²) in [5.41, 5.74) is 13.0. The minimum absolute atomic E-state index is 0.186. The number of nitrogens with zero attached hydrogens (tertiary/aromatic N) is 3. The highest BCUT2D eigenvalue weighted by Gasteiger charge is 2.30. The predicted octanol–water partition coefficient (Wildman–Crippen LogP) is 7.44. The SMILES string of the molecule is CCc1c(-c2ccc(NC(=O)C(N)=C(C3CCCCC3)C3CCCCC3)cn2)c(C)nn1COCC[Si](C)(C)C. The number of ether oxygens (including phenoxy) is 1. The van der Waals surface area contributed by atoms with Gasteiger partial charge in [0.05, 0.1) is 34.7 Å². The molecule has 8 heteroatoms. The Kier molecular flexibility index (Phi) is 10.6. The molecule has 0 spiro atoms. The Labute approximate surface area is 242 Å². The number of aryl methyl sites for hydroxylation is 1. The van der Waals surface area contributed by atoms with E-state index in [4.69, 9.17) is 20.6 Å². The first kappa shape index (κ1) is 30.5. The number of aromatic nitrogens is 3. The van der Waals surface area contributed by atoms with Crippen molar-refractivity contribution in [3.63, 3.8) is 0 Å². The van der Waals surface area contributed by atoms with Gasteiger partial charge in [0.15, 0.2) is 0 Å².